The van der Waals surface area contributed by atoms with Gasteiger partial charge < -0.3 is 50.5 Å². The molecule has 5 atom stereocenters. The first kappa shape index (κ1) is 33.8. The van der Waals surface area contributed by atoms with Crippen LogP contribution in [0.2, 0.25) is 5.02 Å². The number of carbonyl (C=O) groups is 2. The van der Waals surface area contributed by atoms with Gasteiger partial charge in [0.1, 0.15) is 41.4 Å². The summed E-state index contributed by atoms with van der Waals surface area (Å²) in [5.74, 6) is -0.961. The van der Waals surface area contributed by atoms with Crippen LogP contribution in [0.25, 0.3) is 0 Å². The number of benzene rings is 1. The Kier molecular flexibility index (Phi) is 11.0. The first-order valence-electron chi connectivity index (χ1n) is 14.3. The normalized spacial score (nSPS) is 23.7. The Hall–Kier alpha value is -3.52. The number of carboxylic acids is 1. The number of hydrogen-bond donors (Lipinski definition) is 7. The van der Waals surface area contributed by atoms with E-state index in [2.05, 4.69) is 30.5 Å². The number of hydrogen-bond acceptors (Lipinski definition) is 15. The predicted molar refractivity (Wildman–Crippen MR) is 166 cm³/mol. The second-order valence-electron chi connectivity index (χ2n) is 10.7. The monoisotopic (exact) mass is 679 g/mol. The molecule has 0 saturated carbocycles. The molecule has 0 radical (unpaired) electrons. The highest BCUT2D eigenvalue weighted by atomic mass is 35.5. The van der Waals surface area contributed by atoms with Gasteiger partial charge in [0, 0.05) is 38.8 Å². The fraction of sp³-hybridized carbons (Fsp3) is 0.464. The number of ether oxygens (including phenoxy) is 2. The average Bonchev–Trinajstić information content (AvgIpc) is 3.50. The zero-order valence-corrected chi connectivity index (χ0v) is 26.2. The molecule has 2 aliphatic rings. The lowest BCUT2D eigenvalue weighted by molar-refractivity contribution is -0.288. The van der Waals surface area contributed by atoms with Gasteiger partial charge in [-0.1, -0.05) is 35.1 Å². The van der Waals surface area contributed by atoms with Crippen molar-refractivity contribution in [2.45, 2.75) is 44.2 Å². The van der Waals surface area contributed by atoms with E-state index in [1.54, 1.807) is 18.2 Å². The Morgan fingerprint density at radius 2 is 1.91 bits per heavy atom. The number of amides is 1. The van der Waals surface area contributed by atoms with Crippen molar-refractivity contribution in [1.29, 1.82) is 0 Å². The van der Waals surface area contributed by atoms with E-state index in [0.29, 0.717) is 65.1 Å². The molecule has 248 valence electrons. The van der Waals surface area contributed by atoms with Crippen LogP contribution < -0.4 is 15.5 Å². The van der Waals surface area contributed by atoms with E-state index in [9.17, 15) is 35.1 Å². The lowest BCUT2D eigenvalue weighted by atomic mass is 9.99. The number of aryl methyl sites for hydroxylation is 1. The van der Waals surface area contributed by atoms with Gasteiger partial charge in [-0.3, -0.25) is 9.69 Å². The number of aliphatic hydroxyl groups excluding tert-OH is 4. The molecule has 0 aliphatic carbocycles. The van der Waals surface area contributed by atoms with E-state index in [0.717, 1.165) is 16.9 Å². The number of nitrogens with one attached hydrogen (secondary N) is 2. The number of halogens is 1. The first-order chi connectivity index (χ1) is 22.0. The van der Waals surface area contributed by atoms with E-state index in [1.807, 2.05) is 17.9 Å². The number of β-amino-alcohol motifs (C(OH)–C–C–N with tert-alkyl or cyclic N) is 1. The summed E-state index contributed by atoms with van der Waals surface area (Å²) in [5, 5.41) is 55.7. The summed E-state index contributed by atoms with van der Waals surface area (Å²) in [6, 6.07) is 6.99. The number of piperazine rings is 1. The van der Waals surface area contributed by atoms with Gasteiger partial charge in [0.25, 0.3) is 5.91 Å². The van der Waals surface area contributed by atoms with Crippen LogP contribution in [-0.2, 0) is 20.9 Å². The smallest absolute Gasteiger partial charge is 0.335 e. The number of anilines is 4. The van der Waals surface area contributed by atoms with Crippen molar-refractivity contribution >= 4 is 57.3 Å². The SMILES string of the molecule is Cc1cccc(Cl)c1NC(=O)c1cnc(Nc2cc(N3CCN(CCO)CC3)nc(CO[C@@H]3C(C(=O)O)O[C@@H](O)C(O)[C@H]3O)n2)s1. The van der Waals surface area contributed by atoms with E-state index >= 15 is 0 Å². The van der Waals surface area contributed by atoms with Gasteiger partial charge >= 0.3 is 5.97 Å². The van der Waals surface area contributed by atoms with Gasteiger partial charge in [-0.15, -0.1) is 0 Å². The van der Waals surface area contributed by atoms with Crippen molar-refractivity contribution in [3.63, 3.8) is 0 Å². The number of thiazole rings is 1. The van der Waals surface area contributed by atoms with Crippen LogP contribution in [-0.4, -0.2) is 127 Å². The Bertz CT molecular complexity index is 1520. The third-order valence-corrected chi connectivity index (χ3v) is 8.73. The average molecular weight is 680 g/mol. The van der Waals surface area contributed by atoms with Crippen molar-refractivity contribution in [2.75, 3.05) is 54.9 Å². The molecule has 2 saturated heterocycles. The van der Waals surface area contributed by atoms with E-state index in [4.69, 9.17) is 21.1 Å². The van der Waals surface area contributed by atoms with Gasteiger partial charge in [-0.2, -0.15) is 0 Å². The summed E-state index contributed by atoms with van der Waals surface area (Å²) in [6.07, 6.45) is -7.35. The molecule has 2 aliphatic heterocycles. The zero-order chi connectivity index (χ0) is 33.0. The fourth-order valence-electron chi connectivity index (χ4n) is 5.03. The molecule has 2 unspecified atom stereocenters. The van der Waals surface area contributed by atoms with Crippen molar-refractivity contribution in [1.82, 2.24) is 19.9 Å². The predicted octanol–water partition coefficient (Wildman–Crippen LogP) is 0.414. The minimum Gasteiger partial charge on any atom is -0.479 e. The largest absolute Gasteiger partial charge is 0.479 e. The van der Waals surface area contributed by atoms with Crippen LogP contribution in [0.3, 0.4) is 0 Å². The minimum absolute atomic E-state index is 0.0503. The number of para-hydroxylation sites is 1. The van der Waals surface area contributed by atoms with Crippen LogP contribution in [0.15, 0.2) is 30.5 Å². The molecule has 0 spiro atoms. The summed E-state index contributed by atoms with van der Waals surface area (Å²) in [6.45, 7) is 4.61. The highest BCUT2D eigenvalue weighted by Crippen LogP contribution is 2.29. The molecule has 7 N–H and O–H groups in total. The van der Waals surface area contributed by atoms with Gasteiger partial charge in [0.2, 0.25) is 0 Å². The molecular weight excluding hydrogens is 646 g/mol. The van der Waals surface area contributed by atoms with E-state index < -0.39 is 42.6 Å². The summed E-state index contributed by atoms with van der Waals surface area (Å²) in [5.41, 5.74) is 1.30. The maximum Gasteiger partial charge on any atom is 0.335 e. The number of aliphatic hydroxyl groups is 4. The number of nitrogens with zero attached hydrogens (tertiary/aromatic N) is 5. The van der Waals surface area contributed by atoms with Crippen LogP contribution >= 0.6 is 22.9 Å². The molecule has 2 fully saturated rings. The summed E-state index contributed by atoms with van der Waals surface area (Å²) in [7, 11) is 0. The second-order valence-corrected chi connectivity index (χ2v) is 12.1. The quantitative estimate of drug-likeness (QED) is 0.146. The summed E-state index contributed by atoms with van der Waals surface area (Å²) >= 11 is 7.34. The molecular formula is C28H34ClN7O9S. The summed E-state index contributed by atoms with van der Waals surface area (Å²) < 4.78 is 10.6. The molecule has 16 nitrogen and oxygen atoms in total. The third-order valence-electron chi connectivity index (χ3n) is 7.51. The number of rotatable bonds is 11. The Morgan fingerprint density at radius 3 is 2.61 bits per heavy atom. The topological polar surface area (TPSA) is 223 Å². The van der Waals surface area contributed by atoms with Crippen LogP contribution in [0.4, 0.5) is 22.5 Å². The molecule has 0 bridgehead atoms. The van der Waals surface area contributed by atoms with Crippen LogP contribution in [0.1, 0.15) is 21.1 Å². The van der Waals surface area contributed by atoms with Crippen LogP contribution in [0.5, 0.6) is 0 Å². The maximum atomic E-state index is 13.0. The van der Waals surface area contributed by atoms with Crippen molar-refractivity contribution < 1.29 is 44.6 Å². The minimum atomic E-state index is -1.91. The third kappa shape index (κ3) is 7.88. The highest BCUT2D eigenvalue weighted by molar-refractivity contribution is 7.17. The molecule has 2 aromatic heterocycles. The zero-order valence-electron chi connectivity index (χ0n) is 24.6. The molecule has 1 amide bonds. The molecule has 3 aromatic rings. The Labute approximate surface area is 272 Å². The van der Waals surface area contributed by atoms with Crippen molar-refractivity contribution in [3.8, 4) is 0 Å². The van der Waals surface area contributed by atoms with Gasteiger partial charge in [0.15, 0.2) is 23.3 Å². The van der Waals surface area contributed by atoms with Gasteiger partial charge in [-0.25, -0.2) is 19.7 Å². The second kappa shape index (κ2) is 14.9. The van der Waals surface area contributed by atoms with Gasteiger partial charge in [-0.05, 0) is 18.6 Å². The first-order valence-corrected chi connectivity index (χ1v) is 15.5. The van der Waals surface area contributed by atoms with E-state index in [-0.39, 0.29) is 19.0 Å². The number of carbonyl (C=O) groups excluding carboxylic acids is 1. The maximum absolute atomic E-state index is 13.0. The van der Waals surface area contributed by atoms with Crippen molar-refractivity contribution in [3.05, 3.63) is 51.7 Å². The van der Waals surface area contributed by atoms with Gasteiger partial charge in [0.05, 0.1) is 23.5 Å². The van der Waals surface area contributed by atoms with Crippen molar-refractivity contribution in [2.24, 2.45) is 0 Å². The lowest BCUT2D eigenvalue weighted by Gasteiger charge is -2.38. The highest BCUT2D eigenvalue weighted by Gasteiger charge is 2.48. The molecule has 1 aromatic carbocycles. The lowest BCUT2D eigenvalue weighted by Crippen LogP contribution is -2.60. The van der Waals surface area contributed by atoms with Crippen LogP contribution in [0, 0.1) is 6.92 Å². The molecule has 46 heavy (non-hydrogen) atoms. The molecule has 4 heterocycles. The molecule has 18 heteroatoms. The standard InChI is InChI=1S/C28H34ClN7O9S/c1-14-3-2-4-15(29)20(14)34-25(40)16-12-30-28(46-16)33-17-11-19(36-7-5-35(6-8-36)9-10-37)32-18(31-17)13-44-23-21(38)22(39)27(43)45-24(23)26(41)42/h2-4,11-12,21-24,27,37-39,43H,5-10,13H2,1H3,(H,34,40)(H,41,42)(H,30,31,32,33)/t21-,22?,23+,24?,27-/m1/s1. The fourth-order valence-corrected chi connectivity index (χ4v) is 6.02. The van der Waals surface area contributed by atoms with E-state index in [1.165, 1.54) is 6.20 Å². The Morgan fingerprint density at radius 1 is 1.15 bits per heavy atom. The summed E-state index contributed by atoms with van der Waals surface area (Å²) in [4.78, 5) is 42.5. The number of carboxylic acid groups (broad SMARTS) is 1. The molecule has 5 rings (SSSR count). The number of aliphatic carboxylic acids is 1. The number of aromatic nitrogens is 3. The Balaban J connectivity index is 1.35.